The molecular formula is C20H22N6OS. The summed E-state index contributed by atoms with van der Waals surface area (Å²) >= 11 is 1.33. The van der Waals surface area contributed by atoms with Crippen LogP contribution < -0.4 is 10.2 Å². The molecule has 0 aliphatic carbocycles. The Morgan fingerprint density at radius 2 is 1.86 bits per heavy atom. The van der Waals surface area contributed by atoms with Gasteiger partial charge in [0.15, 0.2) is 11.5 Å². The molecule has 144 valence electrons. The smallest absolute Gasteiger partial charge is 0.278 e. The summed E-state index contributed by atoms with van der Waals surface area (Å²) in [5, 5.41) is 20.1. The van der Waals surface area contributed by atoms with E-state index >= 15 is 0 Å². The number of rotatable bonds is 5. The zero-order valence-corrected chi connectivity index (χ0v) is 16.5. The van der Waals surface area contributed by atoms with E-state index in [-0.39, 0.29) is 11.6 Å². The van der Waals surface area contributed by atoms with E-state index in [1.807, 2.05) is 13.0 Å². The molecule has 1 fully saturated rings. The van der Waals surface area contributed by atoms with E-state index in [1.54, 1.807) is 6.07 Å². The molecule has 7 nitrogen and oxygen atoms in total. The first-order chi connectivity index (χ1) is 13.7. The van der Waals surface area contributed by atoms with Crippen LogP contribution in [0.25, 0.3) is 0 Å². The van der Waals surface area contributed by atoms with Gasteiger partial charge in [-0.05, 0) is 49.8 Å². The van der Waals surface area contributed by atoms with Crippen molar-refractivity contribution in [2.45, 2.75) is 26.2 Å². The van der Waals surface area contributed by atoms with Crippen LogP contribution in [0.4, 0.5) is 10.9 Å². The second-order valence-electron chi connectivity index (χ2n) is 6.98. The van der Waals surface area contributed by atoms with E-state index in [2.05, 4.69) is 60.9 Å². The number of piperidine rings is 1. The highest BCUT2D eigenvalue weighted by Gasteiger charge is 2.21. The largest absolute Gasteiger partial charge is 0.355 e. The van der Waals surface area contributed by atoms with Crippen molar-refractivity contribution in [3.05, 3.63) is 58.7 Å². The average molecular weight is 395 g/mol. The van der Waals surface area contributed by atoms with Crippen LogP contribution in [-0.4, -0.2) is 39.4 Å². The van der Waals surface area contributed by atoms with Gasteiger partial charge in [0.2, 0.25) is 5.13 Å². The maximum absolute atomic E-state index is 12.2. The SMILES string of the molecule is Cc1nnc(NC(=O)c2ccc(N3CCC(Cc4ccccc4)CC3)nn2)s1. The van der Waals surface area contributed by atoms with E-state index in [1.165, 1.54) is 16.9 Å². The monoisotopic (exact) mass is 394 g/mol. The normalized spacial score (nSPS) is 14.8. The number of aryl methyl sites for hydroxylation is 1. The molecule has 8 heteroatoms. The van der Waals surface area contributed by atoms with Gasteiger partial charge in [0, 0.05) is 13.1 Å². The van der Waals surface area contributed by atoms with Gasteiger partial charge in [-0.1, -0.05) is 41.7 Å². The molecule has 1 amide bonds. The second-order valence-corrected chi connectivity index (χ2v) is 8.16. The number of anilines is 2. The van der Waals surface area contributed by atoms with E-state index in [0.717, 1.165) is 43.2 Å². The van der Waals surface area contributed by atoms with Crippen molar-refractivity contribution in [2.24, 2.45) is 5.92 Å². The van der Waals surface area contributed by atoms with Crippen LogP contribution in [0.3, 0.4) is 0 Å². The third-order valence-electron chi connectivity index (χ3n) is 4.94. The highest BCUT2D eigenvalue weighted by molar-refractivity contribution is 7.15. The summed E-state index contributed by atoms with van der Waals surface area (Å²) in [6.07, 6.45) is 3.40. The highest BCUT2D eigenvalue weighted by atomic mass is 32.1. The average Bonchev–Trinajstić information content (AvgIpc) is 3.14. The Hall–Kier alpha value is -2.87. The minimum absolute atomic E-state index is 0.274. The summed E-state index contributed by atoms with van der Waals surface area (Å²) in [7, 11) is 0. The molecule has 1 aliphatic rings. The van der Waals surface area contributed by atoms with Crippen LogP contribution in [0.1, 0.15) is 33.9 Å². The topological polar surface area (TPSA) is 83.9 Å². The number of carbonyl (C=O) groups excluding carboxylic acids is 1. The lowest BCUT2D eigenvalue weighted by Gasteiger charge is -2.32. The van der Waals surface area contributed by atoms with Crippen molar-refractivity contribution >= 4 is 28.2 Å². The van der Waals surface area contributed by atoms with Crippen LogP contribution in [0.2, 0.25) is 0 Å². The molecular weight excluding hydrogens is 372 g/mol. The molecule has 1 saturated heterocycles. The number of nitrogens with one attached hydrogen (secondary N) is 1. The Balaban J connectivity index is 1.31. The van der Waals surface area contributed by atoms with Gasteiger partial charge in [-0.15, -0.1) is 20.4 Å². The molecule has 0 spiro atoms. The zero-order valence-electron chi connectivity index (χ0n) is 15.7. The molecule has 1 N–H and O–H groups in total. The molecule has 0 bridgehead atoms. The number of aromatic nitrogens is 4. The molecule has 28 heavy (non-hydrogen) atoms. The fraction of sp³-hybridized carbons (Fsp3) is 0.350. The van der Waals surface area contributed by atoms with Crippen molar-refractivity contribution in [2.75, 3.05) is 23.3 Å². The van der Waals surface area contributed by atoms with E-state index < -0.39 is 0 Å². The standard InChI is InChI=1S/C20H22N6OS/c1-14-22-25-20(28-14)21-19(27)17-7-8-18(24-23-17)26-11-9-16(10-12-26)13-15-5-3-2-4-6-15/h2-8,16H,9-13H2,1H3,(H,21,25,27). The van der Waals surface area contributed by atoms with Crippen molar-refractivity contribution in [1.82, 2.24) is 20.4 Å². The Morgan fingerprint density at radius 3 is 2.50 bits per heavy atom. The van der Waals surface area contributed by atoms with Crippen LogP contribution in [-0.2, 0) is 6.42 Å². The molecule has 1 aliphatic heterocycles. The maximum atomic E-state index is 12.2. The van der Waals surface area contributed by atoms with Gasteiger partial charge in [-0.25, -0.2) is 0 Å². The highest BCUT2D eigenvalue weighted by Crippen LogP contribution is 2.24. The van der Waals surface area contributed by atoms with Gasteiger partial charge in [0.1, 0.15) is 5.01 Å². The summed E-state index contributed by atoms with van der Waals surface area (Å²) in [5.41, 5.74) is 1.68. The van der Waals surface area contributed by atoms with Gasteiger partial charge in [-0.3, -0.25) is 10.1 Å². The Bertz CT molecular complexity index is 919. The van der Waals surface area contributed by atoms with Gasteiger partial charge < -0.3 is 4.90 Å². The molecule has 1 aromatic carbocycles. The van der Waals surface area contributed by atoms with Gasteiger partial charge >= 0.3 is 0 Å². The van der Waals surface area contributed by atoms with Crippen molar-refractivity contribution in [3.63, 3.8) is 0 Å². The lowest BCUT2D eigenvalue weighted by molar-refractivity contribution is 0.102. The summed E-state index contributed by atoms with van der Waals surface area (Å²) in [6, 6.07) is 14.2. The Kier molecular flexibility index (Phi) is 5.57. The number of hydrogen-bond donors (Lipinski definition) is 1. The van der Waals surface area contributed by atoms with Crippen LogP contribution >= 0.6 is 11.3 Å². The fourth-order valence-electron chi connectivity index (χ4n) is 3.44. The van der Waals surface area contributed by atoms with Crippen molar-refractivity contribution in [1.29, 1.82) is 0 Å². The molecule has 3 aromatic rings. The van der Waals surface area contributed by atoms with Crippen LogP contribution in [0.5, 0.6) is 0 Å². The lowest BCUT2D eigenvalue weighted by Crippen LogP contribution is -2.35. The van der Waals surface area contributed by atoms with E-state index in [9.17, 15) is 4.79 Å². The second kappa shape index (κ2) is 8.43. The lowest BCUT2D eigenvalue weighted by atomic mass is 9.90. The molecule has 2 aromatic heterocycles. The first kappa shape index (κ1) is 18.5. The Morgan fingerprint density at radius 1 is 1.07 bits per heavy atom. The van der Waals surface area contributed by atoms with E-state index in [4.69, 9.17) is 0 Å². The fourth-order valence-corrected chi connectivity index (χ4v) is 4.02. The molecule has 0 saturated carbocycles. The quantitative estimate of drug-likeness (QED) is 0.714. The summed E-state index contributed by atoms with van der Waals surface area (Å²) in [4.78, 5) is 14.5. The summed E-state index contributed by atoms with van der Waals surface area (Å²) < 4.78 is 0. The van der Waals surface area contributed by atoms with Crippen LogP contribution in [0, 0.1) is 12.8 Å². The predicted octanol–water partition coefficient (Wildman–Crippen LogP) is 3.35. The number of amides is 1. The first-order valence-electron chi connectivity index (χ1n) is 9.41. The zero-order chi connectivity index (χ0) is 19.3. The number of benzene rings is 1. The van der Waals surface area contributed by atoms with Gasteiger partial charge in [0.05, 0.1) is 0 Å². The molecule has 0 atom stereocenters. The predicted molar refractivity (Wildman–Crippen MR) is 110 cm³/mol. The number of nitrogens with zero attached hydrogens (tertiary/aromatic N) is 5. The number of carbonyl (C=O) groups is 1. The molecule has 0 radical (unpaired) electrons. The summed E-state index contributed by atoms with van der Waals surface area (Å²) in [6.45, 7) is 3.76. The van der Waals surface area contributed by atoms with Crippen LogP contribution in [0.15, 0.2) is 42.5 Å². The van der Waals surface area contributed by atoms with Crippen molar-refractivity contribution in [3.8, 4) is 0 Å². The number of hydrogen-bond acceptors (Lipinski definition) is 7. The van der Waals surface area contributed by atoms with Gasteiger partial charge in [0.25, 0.3) is 5.91 Å². The molecule has 0 unspecified atom stereocenters. The molecule has 3 heterocycles. The minimum atomic E-state index is -0.322. The first-order valence-corrected chi connectivity index (χ1v) is 10.2. The van der Waals surface area contributed by atoms with E-state index in [0.29, 0.717) is 11.0 Å². The summed E-state index contributed by atoms with van der Waals surface area (Å²) in [5.74, 6) is 1.20. The third-order valence-corrected chi connectivity index (χ3v) is 5.69. The maximum Gasteiger partial charge on any atom is 0.278 e. The third kappa shape index (κ3) is 4.51. The Labute approximate surface area is 167 Å². The minimum Gasteiger partial charge on any atom is -0.355 e. The van der Waals surface area contributed by atoms with Gasteiger partial charge in [-0.2, -0.15) is 0 Å². The molecule has 4 rings (SSSR count). The van der Waals surface area contributed by atoms with Crippen molar-refractivity contribution < 1.29 is 4.79 Å².